The van der Waals surface area contributed by atoms with Crippen molar-refractivity contribution in [3.63, 3.8) is 0 Å². The lowest BCUT2D eigenvalue weighted by atomic mass is 10.1. The molecule has 0 saturated heterocycles. The first-order valence-electron chi connectivity index (χ1n) is 10.3. The van der Waals surface area contributed by atoms with Crippen LogP contribution in [0.25, 0.3) is 0 Å². The fraction of sp³-hybridized carbons (Fsp3) is 0.435. The van der Waals surface area contributed by atoms with Gasteiger partial charge in [0.25, 0.3) is 0 Å². The minimum Gasteiger partial charge on any atom is -0.493 e. The number of aliphatic imine (C=N–C) groups is 1. The summed E-state index contributed by atoms with van der Waals surface area (Å²) in [4.78, 5) is 5.02. The van der Waals surface area contributed by atoms with E-state index in [9.17, 15) is 8.42 Å². The second-order valence-electron chi connectivity index (χ2n) is 7.60. The van der Waals surface area contributed by atoms with Gasteiger partial charge in [0.05, 0.1) is 18.0 Å². The highest BCUT2D eigenvalue weighted by Crippen LogP contribution is 2.19. The van der Waals surface area contributed by atoms with E-state index < -0.39 is 9.84 Å². The van der Waals surface area contributed by atoms with Crippen molar-refractivity contribution in [2.75, 3.05) is 26.0 Å². The van der Waals surface area contributed by atoms with Gasteiger partial charge in [-0.2, -0.15) is 0 Å². The number of hydrogen-bond acceptors (Lipinski definition) is 4. The Labute approximate surface area is 203 Å². The van der Waals surface area contributed by atoms with E-state index in [1.807, 2.05) is 43.3 Å². The Morgan fingerprint density at radius 2 is 1.74 bits per heavy atom. The summed E-state index contributed by atoms with van der Waals surface area (Å²) in [7, 11) is -3.16. The van der Waals surface area contributed by atoms with E-state index in [1.54, 1.807) is 12.1 Å². The van der Waals surface area contributed by atoms with Gasteiger partial charge >= 0.3 is 0 Å². The van der Waals surface area contributed by atoms with Crippen LogP contribution in [0.5, 0.6) is 5.75 Å². The standard InChI is InChI=1S/C23H33N3O3S.HI/c1-5-24-23(25-15-14-19-10-12-21(13-11-19)30(4,27)28)26-16-20-8-6-7-9-22(20)29-17-18(2)3;/h6-13,18H,5,14-17H2,1-4H3,(H2,24,25,26);1H. The summed E-state index contributed by atoms with van der Waals surface area (Å²) in [5.41, 5.74) is 2.12. The Balaban J connectivity index is 0.00000480. The van der Waals surface area contributed by atoms with Gasteiger partial charge in [-0.05, 0) is 43.0 Å². The number of ether oxygens (including phenoxy) is 1. The van der Waals surface area contributed by atoms with Crippen molar-refractivity contribution in [1.82, 2.24) is 10.6 Å². The van der Waals surface area contributed by atoms with Crippen LogP contribution in [0.1, 0.15) is 31.9 Å². The maximum Gasteiger partial charge on any atom is 0.191 e. The van der Waals surface area contributed by atoms with E-state index in [-0.39, 0.29) is 24.0 Å². The predicted molar refractivity (Wildman–Crippen MR) is 138 cm³/mol. The maximum atomic E-state index is 11.6. The van der Waals surface area contributed by atoms with Crippen molar-refractivity contribution in [3.8, 4) is 5.75 Å². The summed E-state index contributed by atoms with van der Waals surface area (Å²) < 4.78 is 29.0. The SMILES string of the molecule is CCNC(=NCc1ccccc1OCC(C)C)NCCc1ccc(S(C)(=O)=O)cc1.I. The minimum atomic E-state index is -3.16. The number of hydrogen-bond donors (Lipinski definition) is 2. The summed E-state index contributed by atoms with van der Waals surface area (Å²) >= 11 is 0. The van der Waals surface area contributed by atoms with Gasteiger partial charge in [-0.25, -0.2) is 13.4 Å². The van der Waals surface area contributed by atoms with Crippen LogP contribution in [-0.4, -0.2) is 40.3 Å². The smallest absolute Gasteiger partial charge is 0.191 e. The Hall–Kier alpha value is -1.81. The van der Waals surface area contributed by atoms with Crippen molar-refractivity contribution in [3.05, 3.63) is 59.7 Å². The molecule has 0 aliphatic heterocycles. The van der Waals surface area contributed by atoms with E-state index in [2.05, 4.69) is 29.5 Å². The van der Waals surface area contributed by atoms with Crippen LogP contribution in [0.15, 0.2) is 58.4 Å². The van der Waals surface area contributed by atoms with E-state index >= 15 is 0 Å². The molecule has 31 heavy (non-hydrogen) atoms. The number of sulfone groups is 1. The largest absolute Gasteiger partial charge is 0.493 e. The molecule has 0 aliphatic rings. The first-order valence-corrected chi connectivity index (χ1v) is 12.2. The molecule has 0 amide bonds. The quantitative estimate of drug-likeness (QED) is 0.261. The third kappa shape index (κ3) is 9.90. The normalized spacial score (nSPS) is 11.7. The molecule has 0 bridgehead atoms. The lowest BCUT2D eigenvalue weighted by molar-refractivity contribution is 0.268. The third-order valence-corrected chi connectivity index (χ3v) is 5.48. The first kappa shape index (κ1) is 27.2. The average Bonchev–Trinajstić information content (AvgIpc) is 2.70. The van der Waals surface area contributed by atoms with Gasteiger partial charge in [0.15, 0.2) is 15.8 Å². The van der Waals surface area contributed by atoms with Crippen molar-refractivity contribution < 1.29 is 13.2 Å². The lowest BCUT2D eigenvalue weighted by Gasteiger charge is -2.14. The highest BCUT2D eigenvalue weighted by Gasteiger charge is 2.07. The predicted octanol–water partition coefficient (Wildman–Crippen LogP) is 4.04. The van der Waals surface area contributed by atoms with Crippen LogP contribution < -0.4 is 15.4 Å². The second-order valence-corrected chi connectivity index (χ2v) is 9.62. The zero-order valence-electron chi connectivity index (χ0n) is 18.7. The molecule has 2 rings (SSSR count). The van der Waals surface area contributed by atoms with Crippen molar-refractivity contribution in [2.24, 2.45) is 10.9 Å². The third-order valence-electron chi connectivity index (χ3n) is 4.35. The number of benzene rings is 2. The van der Waals surface area contributed by atoms with Gasteiger partial charge in [-0.15, -0.1) is 24.0 Å². The molecule has 0 atom stereocenters. The molecular formula is C23H34IN3O3S. The first-order chi connectivity index (χ1) is 14.3. The van der Waals surface area contributed by atoms with Gasteiger partial charge in [0.2, 0.25) is 0 Å². The second kappa shape index (κ2) is 13.6. The van der Waals surface area contributed by atoms with Gasteiger partial charge < -0.3 is 15.4 Å². The Bertz CT molecular complexity index is 929. The molecule has 0 radical (unpaired) electrons. The molecule has 6 nitrogen and oxygen atoms in total. The van der Waals surface area contributed by atoms with Crippen LogP contribution >= 0.6 is 24.0 Å². The highest BCUT2D eigenvalue weighted by molar-refractivity contribution is 14.0. The van der Waals surface area contributed by atoms with Crippen LogP contribution in [0, 0.1) is 5.92 Å². The summed E-state index contributed by atoms with van der Waals surface area (Å²) in [6, 6.07) is 15.0. The molecule has 2 aromatic carbocycles. The maximum absolute atomic E-state index is 11.6. The molecule has 2 N–H and O–H groups in total. The molecule has 0 saturated carbocycles. The number of nitrogens with one attached hydrogen (secondary N) is 2. The molecule has 0 aliphatic carbocycles. The van der Waals surface area contributed by atoms with E-state index in [0.29, 0.717) is 30.5 Å². The summed E-state index contributed by atoms with van der Waals surface area (Å²) in [6.07, 6.45) is 1.98. The Kier molecular flexibility index (Phi) is 11.9. The molecular weight excluding hydrogens is 525 g/mol. The zero-order valence-corrected chi connectivity index (χ0v) is 21.9. The summed E-state index contributed by atoms with van der Waals surface area (Å²) in [6.45, 7) is 8.94. The van der Waals surface area contributed by atoms with E-state index in [0.717, 1.165) is 35.8 Å². The Morgan fingerprint density at radius 3 is 2.35 bits per heavy atom. The molecule has 0 heterocycles. The molecule has 172 valence electrons. The molecule has 0 aromatic heterocycles. The molecule has 0 unspecified atom stereocenters. The topological polar surface area (TPSA) is 79.8 Å². The summed E-state index contributed by atoms with van der Waals surface area (Å²) in [5, 5.41) is 6.59. The minimum absolute atomic E-state index is 0. The fourth-order valence-electron chi connectivity index (χ4n) is 2.77. The van der Waals surface area contributed by atoms with Gasteiger partial charge in [0.1, 0.15) is 5.75 Å². The van der Waals surface area contributed by atoms with Crippen LogP contribution in [0.3, 0.4) is 0 Å². The number of nitrogens with zero attached hydrogens (tertiary/aromatic N) is 1. The number of halogens is 1. The Morgan fingerprint density at radius 1 is 1.06 bits per heavy atom. The molecule has 0 spiro atoms. The molecule has 8 heteroatoms. The van der Waals surface area contributed by atoms with Gasteiger partial charge in [-0.1, -0.05) is 44.2 Å². The van der Waals surface area contributed by atoms with Crippen molar-refractivity contribution >= 4 is 39.8 Å². The van der Waals surface area contributed by atoms with Crippen molar-refractivity contribution in [1.29, 1.82) is 0 Å². The van der Waals surface area contributed by atoms with Crippen LogP contribution in [0.4, 0.5) is 0 Å². The van der Waals surface area contributed by atoms with Gasteiger partial charge in [-0.3, -0.25) is 0 Å². The van der Waals surface area contributed by atoms with Crippen molar-refractivity contribution in [2.45, 2.75) is 38.6 Å². The number of para-hydroxylation sites is 1. The zero-order chi connectivity index (χ0) is 22.0. The monoisotopic (exact) mass is 559 g/mol. The lowest BCUT2D eigenvalue weighted by Crippen LogP contribution is -2.38. The molecule has 2 aromatic rings. The number of rotatable bonds is 10. The molecule has 0 fully saturated rings. The average molecular weight is 560 g/mol. The van der Waals surface area contributed by atoms with E-state index in [4.69, 9.17) is 4.74 Å². The van der Waals surface area contributed by atoms with Crippen LogP contribution in [-0.2, 0) is 22.8 Å². The fourth-order valence-corrected chi connectivity index (χ4v) is 3.40. The number of guanidine groups is 1. The highest BCUT2D eigenvalue weighted by atomic mass is 127. The van der Waals surface area contributed by atoms with E-state index in [1.165, 1.54) is 6.26 Å². The van der Waals surface area contributed by atoms with Crippen LogP contribution in [0.2, 0.25) is 0 Å². The summed E-state index contributed by atoms with van der Waals surface area (Å²) in [5.74, 6) is 2.08. The van der Waals surface area contributed by atoms with Gasteiger partial charge in [0, 0.05) is 24.9 Å².